The van der Waals surface area contributed by atoms with Gasteiger partial charge in [-0.15, -0.1) is 11.3 Å². The average molecular weight is 461 g/mol. The van der Waals surface area contributed by atoms with Gasteiger partial charge in [0.15, 0.2) is 11.0 Å². The first-order valence-corrected chi connectivity index (χ1v) is 13.3. The topological polar surface area (TPSA) is 82.4 Å². The Hall–Kier alpha value is -1.48. The summed E-state index contributed by atoms with van der Waals surface area (Å²) in [5.41, 5.74) is 5.11. The molecule has 0 unspecified atom stereocenters. The number of thiophene rings is 1. The van der Waals surface area contributed by atoms with Gasteiger partial charge in [-0.05, 0) is 63.3 Å². The molecule has 2 N–H and O–H groups in total. The molecular weight excluding hydrogens is 428 g/mol. The molecular formula is C23H32N4O2S2. The zero-order valence-electron chi connectivity index (χ0n) is 18.8. The molecule has 4 rings (SSSR count). The van der Waals surface area contributed by atoms with Gasteiger partial charge < -0.3 is 15.1 Å². The predicted molar refractivity (Wildman–Crippen MR) is 131 cm³/mol. The number of fused-ring (bicyclic) bond motifs is 5. The van der Waals surface area contributed by atoms with Crippen molar-refractivity contribution in [1.29, 1.82) is 0 Å². The van der Waals surface area contributed by atoms with Crippen LogP contribution in [0.2, 0.25) is 0 Å². The number of hydrogen-bond acceptors (Lipinski definition) is 8. The van der Waals surface area contributed by atoms with Crippen LogP contribution in [0.3, 0.4) is 0 Å². The van der Waals surface area contributed by atoms with Gasteiger partial charge in [-0.25, -0.2) is 15.0 Å². The van der Waals surface area contributed by atoms with Crippen LogP contribution in [0.25, 0.3) is 20.4 Å². The molecule has 0 bridgehead atoms. The first kappa shape index (κ1) is 22.7. The Morgan fingerprint density at radius 3 is 2.42 bits per heavy atom. The van der Waals surface area contributed by atoms with Crippen LogP contribution >= 0.6 is 23.1 Å². The lowest BCUT2D eigenvalue weighted by Crippen LogP contribution is -2.37. The van der Waals surface area contributed by atoms with Crippen LogP contribution in [-0.2, 0) is 19.3 Å². The van der Waals surface area contributed by atoms with Crippen molar-refractivity contribution in [3.05, 3.63) is 16.8 Å². The Bertz CT molecular complexity index is 1070. The number of thioether (sulfide) groups is 1. The van der Waals surface area contributed by atoms with Crippen molar-refractivity contribution in [3.8, 4) is 0 Å². The Labute approximate surface area is 192 Å². The van der Waals surface area contributed by atoms with Crippen molar-refractivity contribution in [3.63, 3.8) is 0 Å². The van der Waals surface area contributed by atoms with E-state index in [0.29, 0.717) is 18.2 Å². The van der Waals surface area contributed by atoms with Crippen LogP contribution < -0.4 is 4.90 Å². The van der Waals surface area contributed by atoms with E-state index in [4.69, 9.17) is 15.0 Å². The molecule has 3 aromatic rings. The van der Waals surface area contributed by atoms with Crippen LogP contribution in [0.4, 0.5) is 5.82 Å². The van der Waals surface area contributed by atoms with Crippen molar-refractivity contribution in [1.82, 2.24) is 15.0 Å². The highest BCUT2D eigenvalue weighted by Gasteiger charge is 2.26. The maximum atomic E-state index is 10.1. The lowest BCUT2D eigenvalue weighted by atomic mass is 10.0. The molecule has 1 aliphatic carbocycles. The van der Waals surface area contributed by atoms with Crippen molar-refractivity contribution >= 4 is 49.3 Å². The molecule has 0 spiro atoms. The Kier molecular flexibility index (Phi) is 7.01. The van der Waals surface area contributed by atoms with Crippen LogP contribution in [-0.4, -0.2) is 56.7 Å². The molecule has 3 heterocycles. The summed E-state index contributed by atoms with van der Waals surface area (Å²) in [7, 11) is 0. The minimum Gasteiger partial charge on any atom is -0.392 e. The van der Waals surface area contributed by atoms with E-state index in [-0.39, 0.29) is 0 Å². The van der Waals surface area contributed by atoms with Crippen LogP contribution in [0.15, 0.2) is 5.16 Å². The number of pyridine rings is 1. The second-order valence-electron chi connectivity index (χ2n) is 8.57. The monoisotopic (exact) mass is 460 g/mol. The Balaban J connectivity index is 1.96. The summed E-state index contributed by atoms with van der Waals surface area (Å²) in [6.07, 6.45) is 7.66. The number of aromatic nitrogens is 3. The third-order valence-electron chi connectivity index (χ3n) is 5.80. The van der Waals surface area contributed by atoms with Gasteiger partial charge >= 0.3 is 0 Å². The van der Waals surface area contributed by atoms with Crippen LogP contribution in [0.1, 0.15) is 56.9 Å². The summed E-state index contributed by atoms with van der Waals surface area (Å²) in [5, 5.41) is 22.1. The highest BCUT2D eigenvalue weighted by Crippen LogP contribution is 2.43. The molecule has 1 aliphatic rings. The number of nitrogens with zero attached hydrogens (tertiary/aromatic N) is 4. The summed E-state index contributed by atoms with van der Waals surface area (Å²) in [5.74, 6) is 0.793. The maximum absolute atomic E-state index is 10.1. The Morgan fingerprint density at radius 1 is 1.06 bits per heavy atom. The largest absolute Gasteiger partial charge is 0.392 e. The van der Waals surface area contributed by atoms with Gasteiger partial charge in [0.25, 0.3) is 0 Å². The molecule has 0 radical (unpaired) electrons. The second kappa shape index (κ2) is 9.57. The quantitative estimate of drug-likeness (QED) is 0.363. The van der Waals surface area contributed by atoms with Gasteiger partial charge in [0, 0.05) is 24.2 Å². The number of anilines is 1. The van der Waals surface area contributed by atoms with Gasteiger partial charge in [0.05, 0.1) is 22.4 Å². The number of rotatable bonds is 9. The van der Waals surface area contributed by atoms with Crippen LogP contribution in [0, 0.1) is 0 Å². The number of unbranched alkanes of at least 4 members (excludes halogenated alkanes) is 1. The zero-order valence-corrected chi connectivity index (χ0v) is 20.4. The molecule has 0 aromatic carbocycles. The minimum atomic E-state index is -0.529. The normalized spacial score (nSPS) is 15.5. The lowest BCUT2D eigenvalue weighted by molar-refractivity contribution is 0.178. The van der Waals surface area contributed by atoms with Crippen molar-refractivity contribution in [2.75, 3.05) is 24.2 Å². The molecule has 0 saturated heterocycles. The fourth-order valence-electron chi connectivity index (χ4n) is 4.55. The van der Waals surface area contributed by atoms with Gasteiger partial charge in [-0.3, -0.25) is 0 Å². The van der Waals surface area contributed by atoms with E-state index in [1.54, 1.807) is 25.2 Å². The third-order valence-corrected chi connectivity index (χ3v) is 7.42. The van der Waals surface area contributed by atoms with Gasteiger partial charge in [-0.1, -0.05) is 25.1 Å². The summed E-state index contributed by atoms with van der Waals surface area (Å²) in [4.78, 5) is 17.9. The smallest absolute Gasteiger partial charge is 0.189 e. The van der Waals surface area contributed by atoms with E-state index < -0.39 is 12.2 Å². The van der Waals surface area contributed by atoms with E-state index in [2.05, 4.69) is 6.92 Å². The fourth-order valence-corrected chi connectivity index (χ4v) is 6.09. The first-order valence-electron chi connectivity index (χ1n) is 11.2. The van der Waals surface area contributed by atoms with E-state index in [9.17, 15) is 10.2 Å². The highest BCUT2D eigenvalue weighted by atomic mass is 32.2. The summed E-state index contributed by atoms with van der Waals surface area (Å²) in [6.45, 7) is 6.58. The highest BCUT2D eigenvalue weighted by molar-refractivity contribution is 7.98. The first-order chi connectivity index (χ1) is 14.9. The Morgan fingerprint density at radius 2 is 1.77 bits per heavy atom. The predicted octanol–water partition coefficient (Wildman–Crippen LogP) is 4.36. The molecule has 0 fully saturated rings. The van der Waals surface area contributed by atoms with E-state index in [1.165, 1.54) is 46.8 Å². The molecule has 6 nitrogen and oxygen atoms in total. The van der Waals surface area contributed by atoms with Crippen molar-refractivity contribution in [2.24, 2.45) is 0 Å². The molecule has 3 aromatic heterocycles. The van der Waals surface area contributed by atoms with E-state index >= 15 is 0 Å². The number of aliphatic hydroxyl groups is 2. The summed E-state index contributed by atoms with van der Waals surface area (Å²) >= 11 is 3.18. The molecule has 31 heavy (non-hydrogen) atoms. The van der Waals surface area contributed by atoms with Crippen molar-refractivity contribution < 1.29 is 10.2 Å². The summed E-state index contributed by atoms with van der Waals surface area (Å²) in [6, 6.07) is 0. The number of hydrogen-bond donors (Lipinski definition) is 2. The van der Waals surface area contributed by atoms with Gasteiger partial charge in [0.2, 0.25) is 0 Å². The lowest BCUT2D eigenvalue weighted by Gasteiger charge is -2.27. The van der Waals surface area contributed by atoms with Crippen LogP contribution in [0.5, 0.6) is 0 Å². The molecule has 0 saturated carbocycles. The molecule has 8 heteroatoms. The minimum absolute atomic E-state index is 0.409. The molecule has 2 atom stereocenters. The van der Waals surface area contributed by atoms with E-state index in [0.717, 1.165) is 46.5 Å². The SMILES string of the molecule is CCCCc1nc2sc3c(N(C[C@H](C)O)C[C@H](C)O)nc(SC)nc3c2c2c1CCC2. The van der Waals surface area contributed by atoms with Gasteiger partial charge in [-0.2, -0.15) is 0 Å². The van der Waals surface area contributed by atoms with Crippen molar-refractivity contribution in [2.45, 2.75) is 76.7 Å². The zero-order chi connectivity index (χ0) is 22.1. The molecule has 168 valence electrons. The summed E-state index contributed by atoms with van der Waals surface area (Å²) < 4.78 is 1.00. The number of aliphatic hydroxyl groups excluding tert-OH is 2. The fraction of sp³-hybridized carbons (Fsp3) is 0.609. The standard InChI is InChI=1S/C23H32N4O2S2/c1-5-6-10-17-15-8-7-9-16(15)18-19-20(31-22(18)24-17)21(26-23(25-19)30-4)27(11-13(2)28)12-14(3)29/h13-14,28-29H,5-12H2,1-4H3/t13-,14-/m0/s1. The number of aryl methyl sites for hydroxylation is 2. The van der Waals surface area contributed by atoms with Gasteiger partial charge in [0.1, 0.15) is 4.83 Å². The molecule has 0 aliphatic heterocycles. The molecule has 0 amide bonds. The maximum Gasteiger partial charge on any atom is 0.189 e. The third kappa shape index (κ3) is 4.53. The average Bonchev–Trinajstić information content (AvgIpc) is 3.34. The second-order valence-corrected chi connectivity index (χ2v) is 10.3. The van der Waals surface area contributed by atoms with E-state index in [1.807, 2.05) is 11.2 Å².